The molecule has 0 saturated carbocycles. The van der Waals surface area contributed by atoms with Crippen molar-refractivity contribution in [1.29, 1.82) is 5.26 Å². The van der Waals surface area contributed by atoms with Gasteiger partial charge in [0.1, 0.15) is 17.4 Å². The highest BCUT2D eigenvalue weighted by Crippen LogP contribution is 2.25. The minimum Gasteiger partial charge on any atom is -0.438 e. The average molecular weight is 238 g/mol. The standard InChI is InChI=1S/C15H14N2O/c1-10-4-7-14(8-11(10)2)18-15-13(9-16)6-5-12(3)17-15/h4-8H,1-3H3. The summed E-state index contributed by atoms with van der Waals surface area (Å²) in [6, 6.07) is 11.4. The summed E-state index contributed by atoms with van der Waals surface area (Å²) in [5.41, 5.74) is 3.63. The van der Waals surface area contributed by atoms with E-state index in [4.69, 9.17) is 10.00 Å². The number of hydrogen-bond donors (Lipinski definition) is 0. The number of aromatic nitrogens is 1. The maximum absolute atomic E-state index is 9.02. The number of rotatable bonds is 2. The van der Waals surface area contributed by atoms with E-state index in [1.165, 1.54) is 5.56 Å². The summed E-state index contributed by atoms with van der Waals surface area (Å²) in [6.07, 6.45) is 0. The summed E-state index contributed by atoms with van der Waals surface area (Å²) in [7, 11) is 0. The molecule has 0 aliphatic heterocycles. The number of ether oxygens (including phenoxy) is 1. The van der Waals surface area contributed by atoms with Crippen LogP contribution >= 0.6 is 0 Å². The molecule has 0 fully saturated rings. The molecule has 0 bridgehead atoms. The Labute approximate surface area is 107 Å². The van der Waals surface area contributed by atoms with Gasteiger partial charge in [-0.05, 0) is 56.2 Å². The zero-order valence-electron chi connectivity index (χ0n) is 10.7. The lowest BCUT2D eigenvalue weighted by molar-refractivity contribution is 0.459. The summed E-state index contributed by atoms with van der Waals surface area (Å²) in [6.45, 7) is 5.94. The molecule has 0 spiro atoms. The molecule has 1 aromatic heterocycles. The summed E-state index contributed by atoms with van der Waals surface area (Å²) >= 11 is 0. The first kappa shape index (κ1) is 12.1. The Morgan fingerprint density at radius 2 is 1.83 bits per heavy atom. The average Bonchev–Trinajstić information content (AvgIpc) is 2.34. The van der Waals surface area contributed by atoms with Gasteiger partial charge in [0, 0.05) is 5.69 Å². The van der Waals surface area contributed by atoms with Gasteiger partial charge in [-0.1, -0.05) is 6.07 Å². The normalized spacial score (nSPS) is 9.89. The molecule has 18 heavy (non-hydrogen) atoms. The largest absolute Gasteiger partial charge is 0.438 e. The Balaban J connectivity index is 2.36. The lowest BCUT2D eigenvalue weighted by Gasteiger charge is -2.08. The van der Waals surface area contributed by atoms with Gasteiger partial charge in [-0.2, -0.15) is 5.26 Å². The molecule has 90 valence electrons. The highest BCUT2D eigenvalue weighted by atomic mass is 16.5. The van der Waals surface area contributed by atoms with Crippen LogP contribution in [0, 0.1) is 32.1 Å². The topological polar surface area (TPSA) is 45.9 Å². The second-order valence-electron chi connectivity index (χ2n) is 4.27. The van der Waals surface area contributed by atoms with Crippen LogP contribution in [0.2, 0.25) is 0 Å². The number of benzene rings is 1. The molecule has 0 saturated heterocycles. The molecule has 0 unspecified atom stereocenters. The van der Waals surface area contributed by atoms with E-state index in [9.17, 15) is 0 Å². The van der Waals surface area contributed by atoms with Crippen molar-refractivity contribution < 1.29 is 4.74 Å². The minimum atomic E-state index is 0.362. The fourth-order valence-corrected chi connectivity index (χ4v) is 1.58. The Kier molecular flexibility index (Phi) is 3.29. The Hall–Kier alpha value is -2.34. The maximum Gasteiger partial charge on any atom is 0.237 e. The van der Waals surface area contributed by atoms with Crippen LogP contribution in [0.5, 0.6) is 11.6 Å². The quantitative estimate of drug-likeness (QED) is 0.801. The molecular formula is C15H14N2O. The third-order valence-corrected chi connectivity index (χ3v) is 2.81. The van der Waals surface area contributed by atoms with E-state index >= 15 is 0 Å². The summed E-state index contributed by atoms with van der Waals surface area (Å²) in [5.74, 6) is 1.06. The second kappa shape index (κ2) is 4.89. The highest BCUT2D eigenvalue weighted by Gasteiger charge is 2.07. The van der Waals surface area contributed by atoms with Gasteiger partial charge in [-0.25, -0.2) is 4.98 Å². The third kappa shape index (κ3) is 2.49. The van der Waals surface area contributed by atoms with Crippen LogP contribution in [-0.4, -0.2) is 4.98 Å². The van der Waals surface area contributed by atoms with E-state index in [-0.39, 0.29) is 0 Å². The van der Waals surface area contributed by atoms with Crippen molar-refractivity contribution in [3.05, 3.63) is 52.7 Å². The molecule has 0 N–H and O–H groups in total. The number of pyridine rings is 1. The van der Waals surface area contributed by atoms with Crippen LogP contribution in [0.3, 0.4) is 0 Å². The van der Waals surface area contributed by atoms with Crippen LogP contribution < -0.4 is 4.74 Å². The van der Waals surface area contributed by atoms with Gasteiger partial charge in [-0.3, -0.25) is 0 Å². The van der Waals surface area contributed by atoms with E-state index in [1.54, 1.807) is 12.1 Å². The van der Waals surface area contributed by atoms with Gasteiger partial charge < -0.3 is 4.74 Å². The maximum atomic E-state index is 9.02. The molecule has 2 aromatic rings. The van der Waals surface area contributed by atoms with Crippen molar-refractivity contribution in [3.8, 4) is 17.7 Å². The number of nitrogens with zero attached hydrogens (tertiary/aromatic N) is 2. The van der Waals surface area contributed by atoms with Crippen molar-refractivity contribution >= 4 is 0 Å². The first-order valence-corrected chi connectivity index (χ1v) is 5.73. The molecule has 3 heteroatoms. The predicted molar refractivity (Wildman–Crippen MR) is 69.7 cm³/mol. The van der Waals surface area contributed by atoms with Crippen molar-refractivity contribution in [2.24, 2.45) is 0 Å². The molecule has 0 aliphatic rings. The van der Waals surface area contributed by atoms with Gasteiger partial charge in [0.2, 0.25) is 5.88 Å². The van der Waals surface area contributed by atoms with Crippen LogP contribution in [0.25, 0.3) is 0 Å². The Bertz CT molecular complexity index is 627. The third-order valence-electron chi connectivity index (χ3n) is 2.81. The first-order valence-electron chi connectivity index (χ1n) is 5.73. The fraction of sp³-hybridized carbons (Fsp3) is 0.200. The van der Waals surface area contributed by atoms with Crippen LogP contribution in [-0.2, 0) is 0 Å². The monoisotopic (exact) mass is 238 g/mol. The molecule has 2 rings (SSSR count). The number of aryl methyl sites for hydroxylation is 3. The molecule has 1 heterocycles. The molecule has 0 radical (unpaired) electrons. The number of hydrogen-bond acceptors (Lipinski definition) is 3. The first-order chi connectivity index (χ1) is 8.60. The molecular weight excluding hydrogens is 224 g/mol. The molecule has 1 aromatic carbocycles. The van der Waals surface area contributed by atoms with Crippen LogP contribution in [0.4, 0.5) is 0 Å². The minimum absolute atomic E-state index is 0.362. The molecule has 0 aliphatic carbocycles. The summed E-state index contributed by atoms with van der Waals surface area (Å²) < 4.78 is 5.68. The predicted octanol–water partition coefficient (Wildman–Crippen LogP) is 3.67. The fourth-order valence-electron chi connectivity index (χ4n) is 1.58. The summed E-state index contributed by atoms with van der Waals surface area (Å²) in [4.78, 5) is 4.25. The van der Waals surface area contributed by atoms with Crippen molar-refractivity contribution in [2.45, 2.75) is 20.8 Å². The van der Waals surface area contributed by atoms with Crippen molar-refractivity contribution in [1.82, 2.24) is 4.98 Å². The van der Waals surface area contributed by atoms with Crippen LogP contribution in [0.1, 0.15) is 22.4 Å². The zero-order chi connectivity index (χ0) is 13.1. The zero-order valence-corrected chi connectivity index (χ0v) is 10.7. The summed E-state index contributed by atoms with van der Waals surface area (Å²) in [5, 5.41) is 9.02. The van der Waals surface area contributed by atoms with Crippen LogP contribution in [0.15, 0.2) is 30.3 Å². The Morgan fingerprint density at radius 3 is 2.50 bits per heavy atom. The van der Waals surface area contributed by atoms with Gasteiger partial charge in [0.25, 0.3) is 0 Å². The lowest BCUT2D eigenvalue weighted by atomic mass is 10.1. The SMILES string of the molecule is Cc1ccc(C#N)c(Oc2ccc(C)c(C)c2)n1. The molecule has 0 atom stereocenters. The van der Waals surface area contributed by atoms with Gasteiger partial charge in [-0.15, -0.1) is 0 Å². The number of nitriles is 1. The van der Waals surface area contributed by atoms with Gasteiger partial charge in [0.05, 0.1) is 0 Å². The lowest BCUT2D eigenvalue weighted by Crippen LogP contribution is -1.94. The van der Waals surface area contributed by atoms with Gasteiger partial charge >= 0.3 is 0 Å². The van der Waals surface area contributed by atoms with Crippen molar-refractivity contribution in [2.75, 3.05) is 0 Å². The second-order valence-corrected chi connectivity index (χ2v) is 4.27. The smallest absolute Gasteiger partial charge is 0.237 e. The van der Waals surface area contributed by atoms with E-state index in [0.29, 0.717) is 17.2 Å². The molecule has 0 amide bonds. The van der Waals surface area contributed by atoms with E-state index < -0.39 is 0 Å². The van der Waals surface area contributed by atoms with E-state index in [2.05, 4.69) is 11.1 Å². The van der Waals surface area contributed by atoms with Gasteiger partial charge in [0.15, 0.2) is 0 Å². The van der Waals surface area contributed by atoms with E-state index in [0.717, 1.165) is 11.3 Å². The highest BCUT2D eigenvalue weighted by molar-refractivity contribution is 5.42. The van der Waals surface area contributed by atoms with Crippen molar-refractivity contribution in [3.63, 3.8) is 0 Å². The molecule has 3 nitrogen and oxygen atoms in total. The van der Waals surface area contributed by atoms with E-state index in [1.807, 2.05) is 39.0 Å². The Morgan fingerprint density at radius 1 is 1.06 bits per heavy atom.